The molecule has 0 saturated carbocycles. The summed E-state index contributed by atoms with van der Waals surface area (Å²) < 4.78 is 1.57. The third-order valence-corrected chi connectivity index (χ3v) is 7.38. The van der Waals surface area contributed by atoms with Gasteiger partial charge in [0.2, 0.25) is 29.5 Å². The maximum atomic E-state index is 13.7. The van der Waals surface area contributed by atoms with Gasteiger partial charge in [0.25, 0.3) is 0 Å². The van der Waals surface area contributed by atoms with Crippen LogP contribution in [0.5, 0.6) is 0 Å². The minimum absolute atomic E-state index is 0.0519. The van der Waals surface area contributed by atoms with Gasteiger partial charge in [-0.25, -0.2) is 0 Å². The van der Waals surface area contributed by atoms with Gasteiger partial charge in [-0.2, -0.15) is 5.10 Å². The van der Waals surface area contributed by atoms with Gasteiger partial charge in [-0.3, -0.25) is 28.7 Å². The number of amides is 5. The normalized spacial score (nSPS) is 22.6. The van der Waals surface area contributed by atoms with Crippen molar-refractivity contribution in [2.45, 2.75) is 91.5 Å². The van der Waals surface area contributed by atoms with Gasteiger partial charge in [-0.05, 0) is 51.2 Å². The van der Waals surface area contributed by atoms with Crippen LogP contribution in [0, 0.1) is 19.8 Å². The number of rotatable bonds is 7. The predicted molar refractivity (Wildman–Crippen MR) is 162 cm³/mol. The van der Waals surface area contributed by atoms with E-state index >= 15 is 0 Å². The van der Waals surface area contributed by atoms with E-state index in [0.717, 1.165) is 17.0 Å². The van der Waals surface area contributed by atoms with Crippen LogP contribution >= 0.6 is 0 Å². The van der Waals surface area contributed by atoms with E-state index in [1.807, 2.05) is 71.0 Å². The topological polar surface area (TPSA) is 155 Å². The van der Waals surface area contributed by atoms with E-state index < -0.39 is 47.8 Å². The van der Waals surface area contributed by atoms with Crippen molar-refractivity contribution >= 4 is 29.5 Å². The van der Waals surface area contributed by atoms with E-state index in [4.69, 9.17) is 0 Å². The Bertz CT molecular complexity index is 1290. The standard InChI is InChI=1S/C31H45N7O5/c1-7-24-16-37(28(40)18-38-21(5)14-20(4)36-38)17-27(39)32-22(6)29(41)34-25(13-19(2)3)31(43)35-26(30(42)33-24)15-23-11-9-8-10-12-23/h8-12,14,19,22,24-26H,7,13,15-18H2,1-6H3,(H,32,39)(H,33,42)(H,34,41)(H,35,43)/t22-,24+,25+,26+/m1/s1. The van der Waals surface area contributed by atoms with Crippen LogP contribution in [0.2, 0.25) is 0 Å². The molecular formula is C31H45N7O5. The Balaban J connectivity index is 1.95. The second-order valence-electron chi connectivity index (χ2n) is 11.7. The Labute approximate surface area is 253 Å². The summed E-state index contributed by atoms with van der Waals surface area (Å²) in [4.78, 5) is 68.2. The maximum absolute atomic E-state index is 13.7. The minimum Gasteiger partial charge on any atom is -0.350 e. The third kappa shape index (κ3) is 9.93. The molecule has 12 nitrogen and oxygen atoms in total. The fourth-order valence-electron chi connectivity index (χ4n) is 5.02. The molecule has 4 atom stereocenters. The summed E-state index contributed by atoms with van der Waals surface area (Å²) in [6.45, 7) is 10.6. The molecule has 0 radical (unpaired) electrons. The van der Waals surface area contributed by atoms with E-state index in [9.17, 15) is 24.0 Å². The SMILES string of the molecule is CC[C@H]1CN(C(=O)Cn2nc(C)cc2C)CC(=O)N[C@H](C)C(=O)N[C@@H](CC(C)C)C(=O)N[C@@H](Cc2ccccc2)C(=O)N1. The van der Waals surface area contributed by atoms with Gasteiger partial charge in [0.05, 0.1) is 12.2 Å². The molecule has 0 unspecified atom stereocenters. The molecule has 43 heavy (non-hydrogen) atoms. The summed E-state index contributed by atoms with van der Waals surface area (Å²) in [6.07, 6.45) is 1.04. The number of hydrogen-bond donors (Lipinski definition) is 4. The lowest BCUT2D eigenvalue weighted by Crippen LogP contribution is -2.57. The van der Waals surface area contributed by atoms with Crippen molar-refractivity contribution in [1.82, 2.24) is 35.9 Å². The maximum Gasteiger partial charge on any atom is 0.244 e. The fourth-order valence-corrected chi connectivity index (χ4v) is 5.02. The minimum atomic E-state index is -0.963. The Kier molecular flexibility index (Phi) is 11.8. The number of carbonyl (C=O) groups is 5. The molecule has 12 heteroatoms. The van der Waals surface area contributed by atoms with Crippen LogP contribution in [0.4, 0.5) is 0 Å². The first-order chi connectivity index (χ1) is 20.4. The van der Waals surface area contributed by atoms with Crippen molar-refractivity contribution < 1.29 is 24.0 Å². The predicted octanol–water partition coefficient (Wildman–Crippen LogP) is 1.00. The lowest BCUT2D eigenvalue weighted by molar-refractivity contribution is -0.138. The molecule has 4 N–H and O–H groups in total. The van der Waals surface area contributed by atoms with Gasteiger partial charge in [0.1, 0.15) is 24.7 Å². The molecule has 1 aliphatic heterocycles. The average molecular weight is 596 g/mol. The highest BCUT2D eigenvalue weighted by molar-refractivity contribution is 5.95. The molecular weight excluding hydrogens is 550 g/mol. The summed E-state index contributed by atoms with van der Waals surface area (Å²) in [5, 5.41) is 15.6. The highest BCUT2D eigenvalue weighted by atomic mass is 16.2. The number of nitrogens with zero attached hydrogens (tertiary/aromatic N) is 3. The van der Waals surface area contributed by atoms with Gasteiger partial charge in [0, 0.05) is 24.7 Å². The van der Waals surface area contributed by atoms with E-state index in [2.05, 4.69) is 26.4 Å². The first-order valence-corrected chi connectivity index (χ1v) is 14.9. The summed E-state index contributed by atoms with van der Waals surface area (Å²) in [5.41, 5.74) is 2.42. The van der Waals surface area contributed by atoms with Crippen LogP contribution in [0.1, 0.15) is 57.5 Å². The Morgan fingerprint density at radius 2 is 1.60 bits per heavy atom. The number of aromatic nitrogens is 2. The molecule has 234 valence electrons. The van der Waals surface area contributed by atoms with Gasteiger partial charge in [0.15, 0.2) is 0 Å². The van der Waals surface area contributed by atoms with Crippen LogP contribution < -0.4 is 21.3 Å². The molecule has 0 spiro atoms. The first kappa shape index (κ1) is 33.3. The fraction of sp³-hybridized carbons (Fsp3) is 0.548. The van der Waals surface area contributed by atoms with Crippen LogP contribution in [0.3, 0.4) is 0 Å². The first-order valence-electron chi connectivity index (χ1n) is 14.9. The van der Waals surface area contributed by atoms with Crippen molar-refractivity contribution in [3.05, 3.63) is 53.3 Å². The quantitative estimate of drug-likeness (QED) is 0.375. The molecule has 5 amide bonds. The lowest BCUT2D eigenvalue weighted by Gasteiger charge is -2.29. The Hall–Kier alpha value is -4.22. The van der Waals surface area contributed by atoms with Gasteiger partial charge in [-0.15, -0.1) is 0 Å². The zero-order valence-electron chi connectivity index (χ0n) is 26.0. The van der Waals surface area contributed by atoms with Gasteiger partial charge in [-0.1, -0.05) is 51.1 Å². The van der Waals surface area contributed by atoms with Crippen LogP contribution in [-0.2, 0) is 36.9 Å². The average Bonchev–Trinajstić information content (AvgIpc) is 3.26. The van der Waals surface area contributed by atoms with Crippen LogP contribution in [0.25, 0.3) is 0 Å². The molecule has 1 aromatic carbocycles. The Morgan fingerprint density at radius 1 is 0.953 bits per heavy atom. The number of nitrogens with one attached hydrogen (secondary N) is 4. The lowest BCUT2D eigenvalue weighted by atomic mass is 10.0. The zero-order valence-corrected chi connectivity index (χ0v) is 26.0. The van der Waals surface area contributed by atoms with E-state index in [0.29, 0.717) is 12.8 Å². The van der Waals surface area contributed by atoms with Gasteiger partial charge < -0.3 is 26.2 Å². The van der Waals surface area contributed by atoms with E-state index in [1.165, 1.54) is 11.8 Å². The van der Waals surface area contributed by atoms with Crippen LogP contribution in [0.15, 0.2) is 36.4 Å². The van der Waals surface area contributed by atoms with Crippen molar-refractivity contribution in [1.29, 1.82) is 0 Å². The highest BCUT2D eigenvalue weighted by Gasteiger charge is 2.32. The second-order valence-corrected chi connectivity index (χ2v) is 11.7. The van der Waals surface area contributed by atoms with Crippen molar-refractivity contribution in [3.63, 3.8) is 0 Å². The summed E-state index contributed by atoms with van der Waals surface area (Å²) >= 11 is 0. The molecule has 2 aromatic rings. The third-order valence-electron chi connectivity index (χ3n) is 7.38. The molecule has 2 heterocycles. The largest absolute Gasteiger partial charge is 0.350 e. The smallest absolute Gasteiger partial charge is 0.244 e. The molecule has 0 bridgehead atoms. The molecule has 1 aliphatic rings. The summed E-state index contributed by atoms with van der Waals surface area (Å²) in [5.74, 6) is -2.27. The highest BCUT2D eigenvalue weighted by Crippen LogP contribution is 2.10. The Morgan fingerprint density at radius 3 is 2.21 bits per heavy atom. The van der Waals surface area contributed by atoms with Gasteiger partial charge >= 0.3 is 0 Å². The monoisotopic (exact) mass is 595 g/mol. The summed E-state index contributed by atoms with van der Waals surface area (Å²) in [7, 11) is 0. The van der Waals surface area contributed by atoms with Crippen molar-refractivity contribution in [3.8, 4) is 0 Å². The zero-order chi connectivity index (χ0) is 31.7. The number of aryl methyl sites for hydroxylation is 2. The summed E-state index contributed by atoms with van der Waals surface area (Å²) in [6, 6.07) is 7.87. The van der Waals surface area contributed by atoms with E-state index in [-0.39, 0.29) is 37.9 Å². The number of carbonyl (C=O) groups excluding carboxylic acids is 5. The molecule has 1 fully saturated rings. The van der Waals surface area contributed by atoms with Crippen molar-refractivity contribution in [2.75, 3.05) is 13.1 Å². The van der Waals surface area contributed by atoms with Crippen LogP contribution in [-0.4, -0.2) is 81.5 Å². The molecule has 0 aliphatic carbocycles. The van der Waals surface area contributed by atoms with E-state index in [1.54, 1.807) is 4.68 Å². The molecule has 1 saturated heterocycles. The second kappa shape index (κ2) is 15.3. The van der Waals surface area contributed by atoms with Crippen molar-refractivity contribution in [2.24, 2.45) is 5.92 Å². The molecule has 1 aromatic heterocycles. The number of benzene rings is 1. The molecule has 3 rings (SSSR count). The number of hydrogen-bond acceptors (Lipinski definition) is 6.